The Labute approximate surface area is 70.8 Å². The molecule has 0 fully saturated rings. The molecule has 0 aliphatic heterocycles. The molecule has 0 rings (SSSR count). The molecule has 0 heterocycles. The van der Waals surface area contributed by atoms with Gasteiger partial charge in [-0.3, -0.25) is 0 Å². The summed E-state index contributed by atoms with van der Waals surface area (Å²) in [7, 11) is 0. The van der Waals surface area contributed by atoms with Gasteiger partial charge in [0.15, 0.2) is 0 Å². The molecule has 0 nitrogen and oxygen atoms in total. The van der Waals surface area contributed by atoms with Crippen molar-refractivity contribution in [3.05, 3.63) is 24.3 Å². The molecule has 0 aromatic carbocycles. The van der Waals surface area contributed by atoms with Crippen molar-refractivity contribution in [3.8, 4) is 0 Å². The average Bonchev–Trinajstić information content (AvgIpc) is 1.82. The summed E-state index contributed by atoms with van der Waals surface area (Å²) in [6.07, 6.45) is -4.93. The zero-order chi connectivity index (χ0) is 9.94. The van der Waals surface area contributed by atoms with E-state index in [9.17, 15) is 13.2 Å². The number of hydrogen-bond acceptors (Lipinski definition) is 0. The predicted octanol–water partition coefficient (Wildman–Crippen LogP) is 3.71. The quantitative estimate of drug-likeness (QED) is 0.578. The van der Waals surface area contributed by atoms with Gasteiger partial charge in [-0.25, -0.2) is 0 Å². The van der Waals surface area contributed by atoms with E-state index >= 15 is 0 Å². The fraction of sp³-hybridized carbons (Fsp3) is 0.556. The summed E-state index contributed by atoms with van der Waals surface area (Å²) in [6, 6.07) is 0. The molecule has 1 atom stereocenters. The van der Waals surface area contributed by atoms with Crippen molar-refractivity contribution in [1.82, 2.24) is 0 Å². The van der Waals surface area contributed by atoms with Crippen molar-refractivity contribution in [2.45, 2.75) is 26.4 Å². The minimum atomic E-state index is -4.11. The van der Waals surface area contributed by atoms with Crippen LogP contribution in [0.2, 0.25) is 0 Å². The first-order valence-electron chi connectivity index (χ1n) is 3.65. The lowest BCUT2D eigenvalue weighted by molar-refractivity contribution is -0.140. The fourth-order valence-corrected chi connectivity index (χ4v) is 0.891. The number of alkyl halides is 3. The molecule has 0 spiro atoms. The van der Waals surface area contributed by atoms with E-state index in [0.29, 0.717) is 11.1 Å². The molecule has 3 heteroatoms. The Morgan fingerprint density at radius 3 is 2.00 bits per heavy atom. The average molecular weight is 178 g/mol. The van der Waals surface area contributed by atoms with Crippen molar-refractivity contribution >= 4 is 0 Å². The maximum absolute atomic E-state index is 11.9. The SMILES string of the molecule is C=C(C)C(=C)C(C)CC(F)(F)F. The lowest BCUT2D eigenvalue weighted by atomic mass is 9.94. The van der Waals surface area contributed by atoms with E-state index in [1.807, 2.05) is 0 Å². The zero-order valence-electron chi connectivity index (χ0n) is 7.33. The van der Waals surface area contributed by atoms with Crippen molar-refractivity contribution in [2.24, 2.45) is 5.92 Å². The molecular weight excluding hydrogens is 165 g/mol. The van der Waals surface area contributed by atoms with Crippen LogP contribution in [0.3, 0.4) is 0 Å². The summed E-state index contributed by atoms with van der Waals surface area (Å²) in [4.78, 5) is 0. The third-order valence-electron chi connectivity index (χ3n) is 1.68. The standard InChI is InChI=1S/C9H13F3/c1-6(2)8(4)7(3)5-9(10,11)12/h7H,1,4-5H2,2-3H3. The van der Waals surface area contributed by atoms with Crippen molar-refractivity contribution in [3.63, 3.8) is 0 Å². The lowest BCUT2D eigenvalue weighted by Crippen LogP contribution is -2.14. The van der Waals surface area contributed by atoms with Gasteiger partial charge in [0.25, 0.3) is 0 Å². The highest BCUT2D eigenvalue weighted by molar-refractivity contribution is 5.24. The summed E-state index contributed by atoms with van der Waals surface area (Å²) in [5.41, 5.74) is 1.10. The van der Waals surface area contributed by atoms with E-state index in [2.05, 4.69) is 13.2 Å². The van der Waals surface area contributed by atoms with Gasteiger partial charge in [0, 0.05) is 0 Å². The van der Waals surface area contributed by atoms with E-state index in [4.69, 9.17) is 0 Å². The third-order valence-corrected chi connectivity index (χ3v) is 1.68. The van der Waals surface area contributed by atoms with Crippen LogP contribution in [-0.4, -0.2) is 6.18 Å². The molecule has 1 unspecified atom stereocenters. The monoisotopic (exact) mass is 178 g/mol. The number of halogens is 3. The van der Waals surface area contributed by atoms with Gasteiger partial charge in [0.05, 0.1) is 6.42 Å². The Balaban J connectivity index is 4.14. The summed E-state index contributed by atoms with van der Waals surface area (Å²) >= 11 is 0. The van der Waals surface area contributed by atoms with Crippen LogP contribution in [0.1, 0.15) is 20.3 Å². The molecule has 0 saturated heterocycles. The summed E-state index contributed by atoms with van der Waals surface area (Å²) in [5, 5.41) is 0. The number of rotatable bonds is 3. The van der Waals surface area contributed by atoms with Gasteiger partial charge in [-0.05, 0) is 18.4 Å². The summed E-state index contributed by atoms with van der Waals surface area (Å²) < 4.78 is 35.6. The zero-order valence-corrected chi connectivity index (χ0v) is 7.33. The predicted molar refractivity (Wildman–Crippen MR) is 43.8 cm³/mol. The second-order valence-electron chi connectivity index (χ2n) is 3.03. The molecule has 0 amide bonds. The lowest BCUT2D eigenvalue weighted by Gasteiger charge is -2.16. The maximum atomic E-state index is 11.9. The number of allylic oxidation sites excluding steroid dienone is 2. The minimum absolute atomic E-state index is 0.479. The topological polar surface area (TPSA) is 0 Å². The second kappa shape index (κ2) is 3.78. The van der Waals surface area contributed by atoms with Crippen LogP contribution in [0.25, 0.3) is 0 Å². The van der Waals surface area contributed by atoms with Gasteiger partial charge in [-0.2, -0.15) is 13.2 Å². The van der Waals surface area contributed by atoms with Gasteiger partial charge < -0.3 is 0 Å². The minimum Gasteiger partial charge on any atom is -0.171 e. The van der Waals surface area contributed by atoms with E-state index in [0.717, 1.165) is 0 Å². The van der Waals surface area contributed by atoms with Gasteiger partial charge in [0.2, 0.25) is 0 Å². The van der Waals surface area contributed by atoms with E-state index in [-0.39, 0.29) is 0 Å². The fourth-order valence-electron chi connectivity index (χ4n) is 0.891. The smallest absolute Gasteiger partial charge is 0.171 e. The maximum Gasteiger partial charge on any atom is 0.389 e. The number of hydrogen-bond donors (Lipinski definition) is 0. The van der Waals surface area contributed by atoms with E-state index in [1.54, 1.807) is 6.92 Å². The summed E-state index contributed by atoms with van der Waals surface area (Å²) in [6.45, 7) is 10.2. The first kappa shape index (κ1) is 11.3. The van der Waals surface area contributed by atoms with Crippen LogP contribution in [0.4, 0.5) is 13.2 Å². The molecule has 0 aromatic heterocycles. The Hall–Kier alpha value is -0.730. The third kappa shape index (κ3) is 4.21. The second-order valence-corrected chi connectivity index (χ2v) is 3.03. The van der Waals surface area contributed by atoms with Crippen LogP contribution in [0, 0.1) is 5.92 Å². The first-order chi connectivity index (χ1) is 5.24. The Kier molecular flexibility index (Phi) is 3.55. The molecular formula is C9H13F3. The molecule has 0 aliphatic rings. The molecule has 0 N–H and O–H groups in total. The van der Waals surface area contributed by atoms with Crippen LogP contribution in [-0.2, 0) is 0 Å². The van der Waals surface area contributed by atoms with Crippen molar-refractivity contribution in [1.29, 1.82) is 0 Å². The molecule has 0 saturated carbocycles. The molecule has 0 aromatic rings. The van der Waals surface area contributed by atoms with Crippen LogP contribution >= 0.6 is 0 Å². The summed E-state index contributed by atoms with van der Waals surface area (Å²) in [5.74, 6) is -0.567. The van der Waals surface area contributed by atoms with Crippen LogP contribution < -0.4 is 0 Å². The highest BCUT2D eigenvalue weighted by atomic mass is 19.4. The van der Waals surface area contributed by atoms with Crippen LogP contribution in [0.15, 0.2) is 24.3 Å². The highest BCUT2D eigenvalue weighted by Gasteiger charge is 2.30. The van der Waals surface area contributed by atoms with Gasteiger partial charge in [0.1, 0.15) is 0 Å². The normalized spacial score (nSPS) is 14.1. The van der Waals surface area contributed by atoms with Crippen molar-refractivity contribution < 1.29 is 13.2 Å². The molecule has 0 bridgehead atoms. The van der Waals surface area contributed by atoms with Crippen molar-refractivity contribution in [2.75, 3.05) is 0 Å². The highest BCUT2D eigenvalue weighted by Crippen LogP contribution is 2.29. The molecule has 12 heavy (non-hydrogen) atoms. The van der Waals surface area contributed by atoms with E-state index in [1.165, 1.54) is 6.92 Å². The first-order valence-corrected chi connectivity index (χ1v) is 3.65. The Bertz CT molecular complexity index is 188. The van der Waals surface area contributed by atoms with Crippen LogP contribution in [0.5, 0.6) is 0 Å². The largest absolute Gasteiger partial charge is 0.389 e. The molecule has 0 radical (unpaired) electrons. The van der Waals surface area contributed by atoms with Gasteiger partial charge in [-0.15, -0.1) is 0 Å². The Morgan fingerprint density at radius 2 is 1.75 bits per heavy atom. The van der Waals surface area contributed by atoms with E-state index < -0.39 is 18.5 Å². The molecule has 70 valence electrons. The van der Waals surface area contributed by atoms with Gasteiger partial charge in [-0.1, -0.05) is 25.7 Å². The van der Waals surface area contributed by atoms with Gasteiger partial charge >= 0.3 is 6.18 Å². The Morgan fingerprint density at radius 1 is 1.33 bits per heavy atom. The molecule has 0 aliphatic carbocycles.